The molecule has 0 spiro atoms. The quantitative estimate of drug-likeness (QED) is 0.833. The first-order valence-electron chi connectivity index (χ1n) is 4.92. The molecule has 0 aliphatic heterocycles. The molecule has 0 aliphatic rings. The lowest BCUT2D eigenvalue weighted by Crippen LogP contribution is -2.34. The summed E-state index contributed by atoms with van der Waals surface area (Å²) in [7, 11) is 1.59. The first kappa shape index (κ1) is 12.6. The molecule has 0 saturated heterocycles. The molecule has 1 aromatic rings. The number of hydrogen-bond acceptors (Lipinski definition) is 2. The van der Waals surface area contributed by atoms with Crippen LogP contribution in [0, 0.1) is 11.6 Å². The number of hydrogen-bond donors (Lipinski definition) is 1. The highest BCUT2D eigenvalue weighted by Crippen LogP contribution is 2.10. The van der Waals surface area contributed by atoms with Crippen LogP contribution in [0.15, 0.2) is 18.2 Å². The van der Waals surface area contributed by atoms with Gasteiger partial charge in [-0.25, -0.2) is 8.78 Å². The molecule has 5 heteroatoms. The summed E-state index contributed by atoms with van der Waals surface area (Å²) in [6.07, 6.45) is 0.342. The molecule has 16 heavy (non-hydrogen) atoms. The van der Waals surface area contributed by atoms with Crippen molar-refractivity contribution in [3.05, 3.63) is 35.4 Å². The minimum Gasteiger partial charge on any atom is -0.344 e. The van der Waals surface area contributed by atoms with Crippen molar-refractivity contribution in [3.63, 3.8) is 0 Å². The molecule has 0 radical (unpaired) electrons. The number of amides is 1. The first-order chi connectivity index (χ1) is 7.54. The van der Waals surface area contributed by atoms with Crippen molar-refractivity contribution < 1.29 is 13.6 Å². The van der Waals surface area contributed by atoms with Crippen molar-refractivity contribution >= 4 is 5.91 Å². The van der Waals surface area contributed by atoms with Crippen LogP contribution >= 0.6 is 0 Å². The zero-order valence-electron chi connectivity index (χ0n) is 9.04. The fourth-order valence-corrected chi connectivity index (χ4v) is 1.29. The van der Waals surface area contributed by atoms with E-state index in [-0.39, 0.29) is 12.5 Å². The third-order valence-corrected chi connectivity index (χ3v) is 2.33. The van der Waals surface area contributed by atoms with Crippen LogP contribution in [0.1, 0.15) is 5.56 Å². The highest BCUT2D eigenvalue weighted by Gasteiger charge is 2.08. The van der Waals surface area contributed by atoms with Gasteiger partial charge in [0.15, 0.2) is 0 Å². The minimum absolute atomic E-state index is 0.0671. The van der Waals surface area contributed by atoms with Crippen molar-refractivity contribution in [2.45, 2.75) is 6.42 Å². The van der Waals surface area contributed by atoms with Gasteiger partial charge in [-0.15, -0.1) is 0 Å². The van der Waals surface area contributed by atoms with Gasteiger partial charge in [-0.3, -0.25) is 4.79 Å². The summed E-state index contributed by atoms with van der Waals surface area (Å²) in [6, 6.07) is 3.41. The third kappa shape index (κ3) is 3.27. The number of likely N-dealkylation sites (N-methyl/N-ethyl adjacent to an activating group) is 1. The molecule has 0 aliphatic carbocycles. The molecule has 0 aromatic heterocycles. The van der Waals surface area contributed by atoms with Gasteiger partial charge in [-0.2, -0.15) is 0 Å². The number of benzene rings is 1. The summed E-state index contributed by atoms with van der Waals surface area (Å²) < 4.78 is 25.8. The van der Waals surface area contributed by atoms with Crippen LogP contribution < -0.4 is 5.73 Å². The highest BCUT2D eigenvalue weighted by atomic mass is 19.1. The summed E-state index contributed by atoms with van der Waals surface area (Å²) in [5, 5.41) is 0. The van der Waals surface area contributed by atoms with Gasteiger partial charge in [0.2, 0.25) is 5.91 Å². The van der Waals surface area contributed by atoms with Gasteiger partial charge in [-0.1, -0.05) is 6.07 Å². The van der Waals surface area contributed by atoms with Crippen LogP contribution in [-0.4, -0.2) is 30.9 Å². The molecule has 3 nitrogen and oxygen atoms in total. The van der Waals surface area contributed by atoms with Crippen molar-refractivity contribution in [2.24, 2.45) is 5.73 Å². The van der Waals surface area contributed by atoms with E-state index in [0.29, 0.717) is 18.5 Å². The molecule has 0 saturated carbocycles. The second kappa shape index (κ2) is 5.55. The second-order valence-corrected chi connectivity index (χ2v) is 3.51. The van der Waals surface area contributed by atoms with E-state index in [9.17, 15) is 13.6 Å². The van der Waals surface area contributed by atoms with Gasteiger partial charge >= 0.3 is 0 Å². The van der Waals surface area contributed by atoms with Crippen LogP contribution in [0.5, 0.6) is 0 Å². The molecule has 0 bridgehead atoms. The Morgan fingerprint density at radius 3 is 2.69 bits per heavy atom. The normalized spacial score (nSPS) is 10.2. The lowest BCUT2D eigenvalue weighted by Gasteiger charge is -2.16. The molecular formula is C11H14F2N2O. The summed E-state index contributed by atoms with van der Waals surface area (Å²) in [5.41, 5.74) is 5.56. The van der Waals surface area contributed by atoms with Gasteiger partial charge in [-0.05, 0) is 18.1 Å². The number of nitrogens with two attached hydrogens (primary N) is 1. The predicted octanol–water partition coefficient (Wildman–Crippen LogP) is 0.924. The summed E-state index contributed by atoms with van der Waals surface area (Å²) >= 11 is 0. The van der Waals surface area contributed by atoms with Crippen LogP contribution in [-0.2, 0) is 11.2 Å². The van der Waals surface area contributed by atoms with Crippen molar-refractivity contribution in [1.82, 2.24) is 4.90 Å². The van der Waals surface area contributed by atoms with Crippen molar-refractivity contribution in [3.8, 4) is 0 Å². The Labute approximate surface area is 92.8 Å². The molecule has 1 aromatic carbocycles. The molecule has 1 rings (SSSR count). The minimum atomic E-state index is -0.604. The average molecular weight is 228 g/mol. The first-order valence-corrected chi connectivity index (χ1v) is 4.92. The molecule has 0 atom stereocenters. The lowest BCUT2D eigenvalue weighted by molar-refractivity contribution is -0.128. The van der Waals surface area contributed by atoms with E-state index in [2.05, 4.69) is 0 Å². The van der Waals surface area contributed by atoms with Crippen LogP contribution in [0.3, 0.4) is 0 Å². The van der Waals surface area contributed by atoms with Gasteiger partial charge in [0.05, 0.1) is 6.54 Å². The Bertz CT molecular complexity index is 382. The Kier molecular flexibility index (Phi) is 4.37. The van der Waals surface area contributed by atoms with E-state index < -0.39 is 11.6 Å². The topological polar surface area (TPSA) is 46.3 Å². The molecular weight excluding hydrogens is 214 g/mol. The zero-order chi connectivity index (χ0) is 12.1. The standard InChI is InChI=1S/C11H14F2N2O/c1-15(11(16)7-14)5-4-8-2-3-9(12)6-10(8)13/h2-3,6H,4-5,7,14H2,1H3. The molecule has 1 amide bonds. The monoisotopic (exact) mass is 228 g/mol. The molecule has 88 valence electrons. The number of rotatable bonds is 4. The molecule has 2 N–H and O–H groups in total. The Morgan fingerprint density at radius 1 is 1.44 bits per heavy atom. The van der Waals surface area contributed by atoms with Gasteiger partial charge < -0.3 is 10.6 Å². The van der Waals surface area contributed by atoms with E-state index >= 15 is 0 Å². The average Bonchev–Trinajstić information content (AvgIpc) is 2.26. The highest BCUT2D eigenvalue weighted by molar-refractivity contribution is 5.77. The van der Waals surface area contributed by atoms with Gasteiger partial charge in [0.1, 0.15) is 11.6 Å². The molecule has 0 unspecified atom stereocenters. The summed E-state index contributed by atoms with van der Waals surface area (Å²) in [5.74, 6) is -1.40. The third-order valence-electron chi connectivity index (χ3n) is 2.33. The number of nitrogens with zero attached hydrogens (tertiary/aromatic N) is 1. The number of halogens is 2. The van der Waals surface area contributed by atoms with Crippen LogP contribution in [0.2, 0.25) is 0 Å². The summed E-state index contributed by atoms with van der Waals surface area (Å²) in [4.78, 5) is 12.5. The van der Waals surface area contributed by atoms with Gasteiger partial charge in [0, 0.05) is 19.7 Å². The maximum atomic E-state index is 13.2. The Balaban J connectivity index is 2.58. The second-order valence-electron chi connectivity index (χ2n) is 3.51. The van der Waals surface area contributed by atoms with Gasteiger partial charge in [0.25, 0.3) is 0 Å². The van der Waals surface area contributed by atoms with Crippen molar-refractivity contribution in [1.29, 1.82) is 0 Å². The summed E-state index contributed by atoms with van der Waals surface area (Å²) in [6.45, 7) is 0.293. The Hall–Kier alpha value is -1.49. The SMILES string of the molecule is CN(CCc1ccc(F)cc1F)C(=O)CN. The van der Waals surface area contributed by atoms with E-state index in [1.165, 1.54) is 17.0 Å². The van der Waals surface area contributed by atoms with E-state index in [1.807, 2.05) is 0 Å². The van der Waals surface area contributed by atoms with E-state index in [1.54, 1.807) is 7.05 Å². The van der Waals surface area contributed by atoms with Crippen LogP contribution in [0.4, 0.5) is 8.78 Å². The number of carbonyl (C=O) groups is 1. The molecule has 0 fully saturated rings. The smallest absolute Gasteiger partial charge is 0.236 e. The molecule has 0 heterocycles. The fraction of sp³-hybridized carbons (Fsp3) is 0.364. The number of carbonyl (C=O) groups excluding carboxylic acids is 1. The van der Waals surface area contributed by atoms with Crippen LogP contribution in [0.25, 0.3) is 0 Å². The van der Waals surface area contributed by atoms with E-state index in [0.717, 1.165) is 6.07 Å². The largest absolute Gasteiger partial charge is 0.344 e. The maximum Gasteiger partial charge on any atom is 0.236 e. The maximum absolute atomic E-state index is 13.2. The zero-order valence-corrected chi connectivity index (χ0v) is 9.04. The lowest BCUT2D eigenvalue weighted by atomic mass is 10.1. The van der Waals surface area contributed by atoms with Crippen molar-refractivity contribution in [2.75, 3.05) is 20.1 Å². The predicted molar refractivity (Wildman–Crippen MR) is 56.8 cm³/mol. The fourth-order valence-electron chi connectivity index (χ4n) is 1.29. The van der Waals surface area contributed by atoms with E-state index in [4.69, 9.17) is 5.73 Å². The Morgan fingerprint density at radius 2 is 2.12 bits per heavy atom.